The summed E-state index contributed by atoms with van der Waals surface area (Å²) in [6.07, 6.45) is 1.11. The Morgan fingerprint density at radius 1 is 1.41 bits per heavy atom. The number of nitrogens with zero attached hydrogens (tertiary/aromatic N) is 3. The van der Waals surface area contributed by atoms with Crippen LogP contribution in [-0.2, 0) is 9.53 Å². The topological polar surface area (TPSA) is 145 Å². The van der Waals surface area contributed by atoms with Crippen molar-refractivity contribution >= 4 is 29.1 Å². The zero-order valence-electron chi connectivity index (χ0n) is 15.1. The molecule has 0 saturated carbocycles. The van der Waals surface area contributed by atoms with Crippen LogP contribution >= 0.6 is 0 Å². The Morgan fingerprint density at radius 3 is 2.67 bits per heavy atom. The molecule has 4 N–H and O–H groups in total. The maximum Gasteiger partial charge on any atom is 0.309 e. The Hall–Kier alpha value is -3.41. The molecule has 1 aromatic carbocycles. The number of nitrogens with one attached hydrogen (secondary N) is 2. The molecule has 9 nitrogen and oxygen atoms in total. The van der Waals surface area contributed by atoms with Crippen molar-refractivity contribution in [1.82, 2.24) is 4.90 Å². The first-order chi connectivity index (χ1) is 13.0. The van der Waals surface area contributed by atoms with Crippen molar-refractivity contribution in [2.75, 3.05) is 25.1 Å². The molecule has 0 bridgehead atoms. The van der Waals surface area contributed by atoms with Gasteiger partial charge in [0.25, 0.3) is 5.91 Å². The maximum absolute atomic E-state index is 12.9. The molecule has 1 heterocycles. The van der Waals surface area contributed by atoms with E-state index >= 15 is 0 Å². The van der Waals surface area contributed by atoms with Crippen molar-refractivity contribution in [1.29, 1.82) is 10.7 Å². The third-order valence-corrected chi connectivity index (χ3v) is 4.21. The van der Waals surface area contributed by atoms with E-state index in [4.69, 9.17) is 21.1 Å². The van der Waals surface area contributed by atoms with E-state index in [1.807, 2.05) is 0 Å². The maximum atomic E-state index is 12.9. The highest BCUT2D eigenvalue weighted by molar-refractivity contribution is 6.45. The summed E-state index contributed by atoms with van der Waals surface area (Å²) >= 11 is 0. The Morgan fingerprint density at radius 2 is 2.07 bits per heavy atom. The molecule has 0 atom stereocenters. The highest BCUT2D eigenvalue weighted by Gasteiger charge is 2.29. The number of amidine groups is 1. The smallest absolute Gasteiger partial charge is 0.309 e. The number of hydrogen-bond acceptors (Lipinski definition) is 7. The number of piperidine rings is 1. The molecule has 1 fully saturated rings. The van der Waals surface area contributed by atoms with Crippen LogP contribution in [0.1, 0.15) is 30.1 Å². The highest BCUT2D eigenvalue weighted by Crippen LogP contribution is 2.23. The largest absolute Gasteiger partial charge is 0.466 e. The van der Waals surface area contributed by atoms with Crippen molar-refractivity contribution in [3.05, 3.63) is 29.8 Å². The zero-order valence-corrected chi connectivity index (χ0v) is 15.1. The summed E-state index contributed by atoms with van der Waals surface area (Å²) in [7, 11) is 0. The van der Waals surface area contributed by atoms with E-state index in [0.717, 1.165) is 0 Å². The summed E-state index contributed by atoms with van der Waals surface area (Å²) in [5.74, 6) is -1.05. The molecule has 1 amide bonds. The number of likely N-dealkylation sites (tertiary alicyclic amines) is 1. The standard InChI is InChI=1S/C18H22N6O3/c1-2-27-18(26)12-7-9-24(10-8-12)17(25)13-5-3-4-6-14(13)22-23-15(11-19)16(20)21/h3-6,12,22H,2,7-10H2,1H3,(H3,20,21)/b23-15+. The molecule has 1 aromatic rings. The molecule has 27 heavy (non-hydrogen) atoms. The van der Waals surface area contributed by atoms with E-state index in [-0.39, 0.29) is 23.5 Å². The number of benzene rings is 1. The molecule has 0 unspecified atom stereocenters. The van der Waals surface area contributed by atoms with Gasteiger partial charge in [0, 0.05) is 13.1 Å². The van der Waals surface area contributed by atoms with Crippen molar-refractivity contribution in [2.24, 2.45) is 16.8 Å². The summed E-state index contributed by atoms with van der Waals surface area (Å²) < 4.78 is 5.04. The lowest BCUT2D eigenvalue weighted by Crippen LogP contribution is -2.40. The van der Waals surface area contributed by atoms with Crippen LogP contribution < -0.4 is 11.2 Å². The number of esters is 1. The lowest BCUT2D eigenvalue weighted by atomic mass is 9.96. The van der Waals surface area contributed by atoms with Crippen LogP contribution in [0.3, 0.4) is 0 Å². The van der Waals surface area contributed by atoms with Gasteiger partial charge in [0.2, 0.25) is 5.71 Å². The monoisotopic (exact) mass is 370 g/mol. The average molecular weight is 370 g/mol. The predicted molar refractivity (Wildman–Crippen MR) is 100 cm³/mol. The SMILES string of the molecule is CCOC(=O)C1CCN(C(=O)c2ccccc2N/N=C(\C#N)C(=N)N)CC1. The van der Waals surface area contributed by atoms with Crippen LogP contribution in [0.5, 0.6) is 0 Å². The number of anilines is 1. The molecular weight excluding hydrogens is 348 g/mol. The molecule has 0 spiro atoms. The van der Waals surface area contributed by atoms with E-state index in [0.29, 0.717) is 43.8 Å². The van der Waals surface area contributed by atoms with Gasteiger partial charge in [-0.05, 0) is 31.9 Å². The van der Waals surface area contributed by atoms with Crippen molar-refractivity contribution < 1.29 is 14.3 Å². The van der Waals surface area contributed by atoms with Crippen LogP contribution in [0, 0.1) is 22.7 Å². The molecule has 1 aliphatic heterocycles. The molecule has 0 radical (unpaired) electrons. The van der Waals surface area contributed by atoms with Gasteiger partial charge in [0.05, 0.1) is 23.8 Å². The number of hydrogen-bond donors (Lipinski definition) is 3. The number of rotatable bonds is 6. The summed E-state index contributed by atoms with van der Waals surface area (Å²) in [5.41, 5.74) is 8.42. The third kappa shape index (κ3) is 5.04. The average Bonchev–Trinajstić information content (AvgIpc) is 2.68. The number of nitrogens with two attached hydrogens (primary N) is 1. The summed E-state index contributed by atoms with van der Waals surface area (Å²) in [5, 5.41) is 20.0. The number of para-hydroxylation sites is 1. The lowest BCUT2D eigenvalue weighted by Gasteiger charge is -2.31. The zero-order chi connectivity index (χ0) is 19.8. The second-order valence-electron chi connectivity index (χ2n) is 5.96. The van der Waals surface area contributed by atoms with Gasteiger partial charge >= 0.3 is 5.97 Å². The highest BCUT2D eigenvalue weighted by atomic mass is 16.5. The van der Waals surface area contributed by atoms with E-state index in [2.05, 4.69) is 10.5 Å². The Balaban J connectivity index is 2.09. The van der Waals surface area contributed by atoms with Gasteiger partial charge < -0.3 is 15.4 Å². The summed E-state index contributed by atoms with van der Waals surface area (Å²) in [4.78, 5) is 26.4. The molecule has 1 aliphatic rings. The number of carbonyl (C=O) groups excluding carboxylic acids is 2. The van der Waals surface area contributed by atoms with Gasteiger partial charge in [-0.15, -0.1) is 0 Å². The van der Waals surface area contributed by atoms with E-state index < -0.39 is 5.84 Å². The molecule has 9 heteroatoms. The van der Waals surface area contributed by atoms with Gasteiger partial charge in [-0.3, -0.25) is 20.4 Å². The molecule has 0 aliphatic carbocycles. The Bertz CT molecular complexity index is 791. The van der Waals surface area contributed by atoms with Crippen molar-refractivity contribution in [3.63, 3.8) is 0 Å². The minimum atomic E-state index is -0.463. The van der Waals surface area contributed by atoms with Crippen molar-refractivity contribution in [2.45, 2.75) is 19.8 Å². The van der Waals surface area contributed by atoms with E-state index in [1.165, 1.54) is 0 Å². The number of nitriles is 1. The number of ether oxygens (including phenoxy) is 1. The van der Waals surface area contributed by atoms with E-state index in [9.17, 15) is 9.59 Å². The van der Waals surface area contributed by atoms with Gasteiger partial charge in [0.15, 0.2) is 5.84 Å². The molecule has 1 saturated heterocycles. The van der Waals surface area contributed by atoms with Gasteiger partial charge in [0.1, 0.15) is 6.07 Å². The van der Waals surface area contributed by atoms with Crippen LogP contribution in [0.2, 0.25) is 0 Å². The number of carbonyl (C=O) groups is 2. The first-order valence-electron chi connectivity index (χ1n) is 8.61. The van der Waals surface area contributed by atoms with Crippen LogP contribution in [0.25, 0.3) is 0 Å². The normalized spacial score (nSPS) is 15.0. The minimum absolute atomic E-state index is 0.180. The fourth-order valence-electron chi connectivity index (χ4n) is 2.78. The minimum Gasteiger partial charge on any atom is -0.466 e. The predicted octanol–water partition coefficient (Wildman–Crippen LogP) is 1.33. The van der Waals surface area contributed by atoms with Crippen LogP contribution in [-0.4, -0.2) is 48.0 Å². The molecular formula is C18H22N6O3. The number of hydrazone groups is 1. The first kappa shape index (κ1) is 19.9. The van der Waals surface area contributed by atoms with Gasteiger partial charge in [-0.2, -0.15) is 10.4 Å². The number of amides is 1. The molecule has 0 aromatic heterocycles. The second-order valence-corrected chi connectivity index (χ2v) is 5.96. The summed E-state index contributed by atoms with van der Waals surface area (Å²) in [6.45, 7) is 3.03. The molecule has 142 valence electrons. The second kappa shape index (κ2) is 9.33. The quantitative estimate of drug-likeness (QED) is 0.298. The Labute approximate surface area is 157 Å². The van der Waals surface area contributed by atoms with Crippen LogP contribution in [0.4, 0.5) is 5.69 Å². The van der Waals surface area contributed by atoms with Crippen molar-refractivity contribution in [3.8, 4) is 6.07 Å². The third-order valence-electron chi connectivity index (χ3n) is 4.21. The fraction of sp³-hybridized carbons (Fsp3) is 0.389. The Kier molecular flexibility index (Phi) is 6.88. The lowest BCUT2D eigenvalue weighted by molar-refractivity contribution is -0.149. The van der Waals surface area contributed by atoms with E-state index in [1.54, 1.807) is 42.2 Å². The van der Waals surface area contributed by atoms with Gasteiger partial charge in [-0.1, -0.05) is 12.1 Å². The molecule has 2 rings (SSSR count). The fourth-order valence-corrected chi connectivity index (χ4v) is 2.78. The summed E-state index contributed by atoms with van der Waals surface area (Å²) in [6, 6.07) is 8.46. The van der Waals surface area contributed by atoms with Gasteiger partial charge in [-0.25, -0.2) is 0 Å². The first-order valence-corrected chi connectivity index (χ1v) is 8.61. The van der Waals surface area contributed by atoms with Crippen LogP contribution in [0.15, 0.2) is 29.4 Å².